The van der Waals surface area contributed by atoms with Crippen LogP contribution in [0.2, 0.25) is 0 Å². The summed E-state index contributed by atoms with van der Waals surface area (Å²) in [7, 11) is 2.57. The topological polar surface area (TPSA) is 108 Å². The molecule has 0 N–H and O–H groups in total. The van der Waals surface area contributed by atoms with Crippen molar-refractivity contribution in [3.63, 3.8) is 0 Å². The molecule has 0 unspecified atom stereocenters. The highest BCUT2D eigenvalue weighted by atomic mass is 32.2. The standard InChI is InChI=1S/C25H22N2O7S/c1-14-11-17(15(2)27(14)18-7-5-16(6-8-18)23(29)32-3)12-21-22(28)26(25(31)35-21)13-19-9-10-20(34-19)24(30)33-4/h5-12H,13H2,1-4H3/b21-12+. The molecular formula is C25H22N2O7S. The maximum atomic E-state index is 13.0. The molecule has 1 saturated heterocycles. The van der Waals surface area contributed by atoms with Gasteiger partial charge in [0.2, 0.25) is 5.76 Å². The molecule has 2 amide bonds. The summed E-state index contributed by atoms with van der Waals surface area (Å²) < 4.78 is 16.7. The first-order valence-corrected chi connectivity index (χ1v) is 11.3. The fourth-order valence-corrected chi connectivity index (χ4v) is 4.63. The van der Waals surface area contributed by atoms with Gasteiger partial charge in [-0.2, -0.15) is 0 Å². The van der Waals surface area contributed by atoms with Crippen molar-refractivity contribution in [2.75, 3.05) is 14.2 Å². The van der Waals surface area contributed by atoms with E-state index >= 15 is 0 Å². The number of ether oxygens (including phenoxy) is 2. The molecule has 0 bridgehead atoms. The van der Waals surface area contributed by atoms with Crippen molar-refractivity contribution in [2.45, 2.75) is 20.4 Å². The second-order valence-corrected chi connectivity index (χ2v) is 8.72. The molecule has 4 rings (SSSR count). The van der Waals surface area contributed by atoms with Crippen LogP contribution in [0.25, 0.3) is 11.8 Å². The molecule has 10 heteroatoms. The van der Waals surface area contributed by atoms with Crippen LogP contribution in [0.5, 0.6) is 0 Å². The van der Waals surface area contributed by atoms with E-state index < -0.39 is 23.1 Å². The van der Waals surface area contributed by atoms with E-state index in [0.717, 1.165) is 39.3 Å². The average molecular weight is 495 g/mol. The van der Waals surface area contributed by atoms with E-state index in [0.29, 0.717) is 11.3 Å². The van der Waals surface area contributed by atoms with E-state index in [2.05, 4.69) is 4.74 Å². The van der Waals surface area contributed by atoms with Crippen LogP contribution >= 0.6 is 11.8 Å². The first-order chi connectivity index (χ1) is 16.7. The largest absolute Gasteiger partial charge is 0.465 e. The molecule has 0 spiro atoms. The van der Waals surface area contributed by atoms with Crippen molar-refractivity contribution in [1.82, 2.24) is 9.47 Å². The number of amides is 2. The summed E-state index contributed by atoms with van der Waals surface area (Å²) in [5.41, 5.74) is 3.87. The van der Waals surface area contributed by atoms with E-state index in [4.69, 9.17) is 9.15 Å². The SMILES string of the molecule is COC(=O)c1ccc(-n2c(C)cc(/C=C3/SC(=O)N(Cc4ccc(C(=O)OC)o4)C3=O)c2C)cc1. The normalized spacial score (nSPS) is 14.6. The van der Waals surface area contributed by atoms with Crippen LogP contribution < -0.4 is 0 Å². The summed E-state index contributed by atoms with van der Waals surface area (Å²) in [6, 6.07) is 11.9. The Balaban J connectivity index is 1.57. The number of hydrogen-bond donors (Lipinski definition) is 0. The Morgan fingerprint density at radius 3 is 2.34 bits per heavy atom. The number of carbonyl (C=O) groups is 4. The predicted molar refractivity (Wildman–Crippen MR) is 128 cm³/mol. The number of furan rings is 1. The molecule has 1 fully saturated rings. The monoisotopic (exact) mass is 494 g/mol. The van der Waals surface area contributed by atoms with Gasteiger partial charge in [-0.1, -0.05) is 0 Å². The number of imide groups is 1. The second kappa shape index (κ2) is 9.67. The lowest BCUT2D eigenvalue weighted by Crippen LogP contribution is -2.27. The molecule has 0 atom stereocenters. The van der Waals surface area contributed by atoms with Crippen LogP contribution in [0, 0.1) is 13.8 Å². The highest BCUT2D eigenvalue weighted by Gasteiger charge is 2.36. The summed E-state index contributed by atoms with van der Waals surface area (Å²) in [6.07, 6.45) is 1.69. The fraction of sp³-hybridized carbons (Fsp3) is 0.200. The van der Waals surface area contributed by atoms with Crippen molar-refractivity contribution in [1.29, 1.82) is 0 Å². The molecule has 0 saturated carbocycles. The predicted octanol–water partition coefficient (Wildman–Crippen LogP) is 4.50. The van der Waals surface area contributed by atoms with Crippen molar-refractivity contribution in [3.05, 3.63) is 81.4 Å². The van der Waals surface area contributed by atoms with Gasteiger partial charge in [-0.05, 0) is 79.7 Å². The Bertz CT molecular complexity index is 1360. The number of aromatic nitrogens is 1. The summed E-state index contributed by atoms with van der Waals surface area (Å²) in [5.74, 6) is -1.20. The van der Waals surface area contributed by atoms with Gasteiger partial charge in [0.1, 0.15) is 5.76 Å². The van der Waals surface area contributed by atoms with Gasteiger partial charge in [-0.3, -0.25) is 14.5 Å². The molecule has 1 aliphatic rings. The van der Waals surface area contributed by atoms with E-state index in [9.17, 15) is 19.2 Å². The number of nitrogens with zero attached hydrogens (tertiary/aromatic N) is 2. The van der Waals surface area contributed by atoms with Gasteiger partial charge in [0.05, 0.1) is 31.2 Å². The minimum Gasteiger partial charge on any atom is -0.465 e. The lowest BCUT2D eigenvalue weighted by molar-refractivity contribution is -0.123. The molecule has 35 heavy (non-hydrogen) atoms. The molecular weight excluding hydrogens is 472 g/mol. The summed E-state index contributed by atoms with van der Waals surface area (Å²) in [4.78, 5) is 50.1. The van der Waals surface area contributed by atoms with E-state index in [-0.39, 0.29) is 17.2 Å². The highest BCUT2D eigenvalue weighted by Crippen LogP contribution is 2.35. The molecule has 2 aromatic heterocycles. The fourth-order valence-electron chi connectivity index (χ4n) is 3.80. The first kappa shape index (κ1) is 24.1. The smallest absolute Gasteiger partial charge is 0.373 e. The number of thioether (sulfide) groups is 1. The lowest BCUT2D eigenvalue weighted by atomic mass is 10.2. The Hall–Kier alpha value is -4.05. The average Bonchev–Trinajstić information content (AvgIpc) is 3.51. The summed E-state index contributed by atoms with van der Waals surface area (Å²) in [5, 5.41) is -0.426. The Morgan fingerprint density at radius 1 is 1.00 bits per heavy atom. The van der Waals surface area contributed by atoms with Crippen LogP contribution in [-0.2, 0) is 20.8 Å². The van der Waals surface area contributed by atoms with E-state index in [1.807, 2.05) is 36.6 Å². The van der Waals surface area contributed by atoms with Crippen LogP contribution in [-0.4, -0.2) is 46.8 Å². The van der Waals surface area contributed by atoms with E-state index in [1.54, 1.807) is 18.2 Å². The number of esters is 2. The molecule has 1 aromatic carbocycles. The molecule has 3 heterocycles. The Kier molecular flexibility index (Phi) is 6.65. The van der Waals surface area contributed by atoms with Gasteiger partial charge in [-0.15, -0.1) is 0 Å². The summed E-state index contributed by atoms with van der Waals surface area (Å²) in [6.45, 7) is 3.75. The number of hydrogen-bond acceptors (Lipinski definition) is 8. The van der Waals surface area contributed by atoms with E-state index in [1.165, 1.54) is 26.4 Å². The number of carbonyl (C=O) groups excluding carboxylic acids is 4. The number of rotatable bonds is 6. The van der Waals surface area contributed by atoms with Gasteiger partial charge < -0.3 is 18.5 Å². The van der Waals surface area contributed by atoms with Gasteiger partial charge in [0.15, 0.2) is 0 Å². The number of methoxy groups -OCH3 is 2. The molecule has 180 valence electrons. The van der Waals surface area contributed by atoms with Crippen molar-refractivity contribution >= 4 is 40.9 Å². The Labute approximate surface area is 205 Å². The van der Waals surface area contributed by atoms with Gasteiger partial charge in [-0.25, -0.2) is 9.59 Å². The molecule has 3 aromatic rings. The molecule has 1 aliphatic heterocycles. The zero-order valence-electron chi connectivity index (χ0n) is 19.5. The highest BCUT2D eigenvalue weighted by molar-refractivity contribution is 8.18. The zero-order chi connectivity index (χ0) is 25.3. The second-order valence-electron chi connectivity index (χ2n) is 7.73. The summed E-state index contributed by atoms with van der Waals surface area (Å²) >= 11 is 0.845. The molecule has 0 radical (unpaired) electrons. The molecule has 9 nitrogen and oxygen atoms in total. The minimum atomic E-state index is -0.638. The van der Waals surface area contributed by atoms with Crippen LogP contribution in [0.4, 0.5) is 4.79 Å². The third-order valence-corrected chi connectivity index (χ3v) is 6.45. The van der Waals surface area contributed by atoms with Crippen LogP contribution in [0.15, 0.2) is 51.8 Å². The minimum absolute atomic E-state index is 0.00271. The van der Waals surface area contributed by atoms with Crippen LogP contribution in [0.1, 0.15) is 43.6 Å². The van der Waals surface area contributed by atoms with Crippen LogP contribution in [0.3, 0.4) is 0 Å². The lowest BCUT2D eigenvalue weighted by Gasteiger charge is -2.10. The van der Waals surface area contributed by atoms with Gasteiger partial charge in [0.25, 0.3) is 11.1 Å². The Morgan fingerprint density at radius 2 is 1.69 bits per heavy atom. The third-order valence-electron chi connectivity index (χ3n) is 5.54. The maximum absolute atomic E-state index is 13.0. The van der Waals surface area contributed by atoms with Crippen molar-refractivity contribution in [3.8, 4) is 5.69 Å². The van der Waals surface area contributed by atoms with Crippen molar-refractivity contribution < 1.29 is 33.1 Å². The third kappa shape index (κ3) is 4.65. The quantitative estimate of drug-likeness (QED) is 0.364. The van der Waals surface area contributed by atoms with Gasteiger partial charge in [0, 0.05) is 17.1 Å². The number of aryl methyl sites for hydroxylation is 1. The van der Waals surface area contributed by atoms with Gasteiger partial charge >= 0.3 is 11.9 Å². The molecule has 0 aliphatic carbocycles. The zero-order valence-corrected chi connectivity index (χ0v) is 20.3. The van der Waals surface area contributed by atoms with Crippen molar-refractivity contribution in [2.24, 2.45) is 0 Å². The maximum Gasteiger partial charge on any atom is 0.373 e. The first-order valence-electron chi connectivity index (χ1n) is 10.5. The number of benzene rings is 1.